The molecular weight excluding hydrogens is 387 g/mol. The fourth-order valence-electron chi connectivity index (χ4n) is 2.19. The van der Waals surface area contributed by atoms with Crippen LogP contribution in [0.4, 0.5) is 5.13 Å². The first-order valence-electron chi connectivity index (χ1n) is 6.27. The third-order valence-electron chi connectivity index (χ3n) is 3.14. The van der Waals surface area contributed by atoms with E-state index in [-0.39, 0.29) is 30.4 Å². The zero-order chi connectivity index (χ0) is 16.1. The molecule has 22 heavy (non-hydrogen) atoms. The Kier molecular flexibility index (Phi) is 4.24. The lowest BCUT2D eigenvalue weighted by molar-refractivity contribution is 0.0957. The number of nitrogens with one attached hydrogen (secondary N) is 1. The second-order valence-corrected chi connectivity index (χ2v) is 9.99. The van der Waals surface area contributed by atoms with Crippen LogP contribution in [0.25, 0.3) is 0 Å². The van der Waals surface area contributed by atoms with Gasteiger partial charge in [0.05, 0.1) is 15.6 Å². The van der Waals surface area contributed by atoms with Gasteiger partial charge in [0.15, 0.2) is 10.9 Å². The van der Waals surface area contributed by atoms with Gasteiger partial charge >= 0.3 is 0 Å². The summed E-state index contributed by atoms with van der Waals surface area (Å²) in [4.78, 5) is 16.7. The van der Waals surface area contributed by atoms with Crippen LogP contribution in [0.15, 0.2) is 10.3 Å². The van der Waals surface area contributed by atoms with Crippen LogP contribution in [0.3, 0.4) is 0 Å². The summed E-state index contributed by atoms with van der Waals surface area (Å²) in [6.45, 7) is 1.97. The Balaban J connectivity index is 1.90. The lowest BCUT2D eigenvalue weighted by Crippen LogP contribution is -2.16. The predicted molar refractivity (Wildman–Crippen MR) is 89.1 cm³/mol. The zero-order valence-corrected chi connectivity index (χ0v) is 15.2. The van der Waals surface area contributed by atoms with E-state index in [0.29, 0.717) is 23.4 Å². The van der Waals surface area contributed by atoms with Gasteiger partial charge in [-0.25, -0.2) is 13.4 Å². The van der Waals surface area contributed by atoms with Gasteiger partial charge in [0.1, 0.15) is 8.55 Å². The fourth-order valence-corrected chi connectivity index (χ4v) is 6.24. The molecule has 0 amide bonds. The lowest BCUT2D eigenvalue weighted by Gasteiger charge is -2.14. The normalized spacial score (nSPS) is 18.3. The Morgan fingerprint density at radius 1 is 1.32 bits per heavy atom. The van der Waals surface area contributed by atoms with Gasteiger partial charge in [0.2, 0.25) is 0 Å². The van der Waals surface area contributed by atoms with E-state index < -0.39 is 10.0 Å². The highest BCUT2D eigenvalue weighted by Crippen LogP contribution is 2.37. The lowest BCUT2D eigenvalue weighted by atomic mass is 9.92. The maximum absolute atomic E-state index is 12.3. The third kappa shape index (κ3) is 3.03. The number of halogens is 2. The first-order chi connectivity index (χ1) is 10.3. The van der Waals surface area contributed by atoms with Crippen LogP contribution in [0, 0.1) is 5.92 Å². The van der Waals surface area contributed by atoms with Crippen molar-refractivity contribution in [1.82, 2.24) is 4.98 Å². The summed E-state index contributed by atoms with van der Waals surface area (Å²) in [5.74, 6) is 0.236. The van der Waals surface area contributed by atoms with E-state index in [1.807, 2.05) is 6.92 Å². The van der Waals surface area contributed by atoms with Crippen LogP contribution >= 0.6 is 45.9 Å². The van der Waals surface area contributed by atoms with Crippen LogP contribution in [0.2, 0.25) is 9.36 Å². The molecule has 118 valence electrons. The molecule has 0 aliphatic heterocycles. The summed E-state index contributed by atoms with van der Waals surface area (Å²) in [5, 5.41) is 0.377. The second-order valence-electron chi connectivity index (χ2n) is 5.02. The number of Topliss-reactive ketones (excluding diaryl/α,β-unsaturated/α-hetero) is 1. The molecule has 5 nitrogen and oxygen atoms in total. The van der Waals surface area contributed by atoms with Crippen molar-refractivity contribution in [2.45, 2.75) is 24.0 Å². The molecule has 2 aromatic rings. The molecule has 1 atom stereocenters. The van der Waals surface area contributed by atoms with Crippen molar-refractivity contribution in [2.24, 2.45) is 5.92 Å². The van der Waals surface area contributed by atoms with Gasteiger partial charge in [-0.1, -0.05) is 41.5 Å². The van der Waals surface area contributed by atoms with Gasteiger partial charge in [-0.05, 0) is 18.4 Å². The zero-order valence-electron chi connectivity index (χ0n) is 11.2. The van der Waals surface area contributed by atoms with Gasteiger partial charge in [0.25, 0.3) is 10.0 Å². The highest BCUT2D eigenvalue weighted by molar-refractivity contribution is 7.95. The minimum atomic E-state index is -3.81. The smallest absolute Gasteiger partial charge is 0.273 e. The number of rotatable bonds is 3. The van der Waals surface area contributed by atoms with Gasteiger partial charge in [-0.3, -0.25) is 9.52 Å². The van der Waals surface area contributed by atoms with Gasteiger partial charge in [-0.2, -0.15) is 0 Å². The molecule has 0 aromatic carbocycles. The Labute approximate surface area is 145 Å². The number of carbonyl (C=O) groups is 1. The molecular formula is C12H10Cl2N2O3S3. The van der Waals surface area contributed by atoms with E-state index in [1.54, 1.807) is 0 Å². The van der Waals surface area contributed by atoms with Crippen LogP contribution in [0.5, 0.6) is 0 Å². The molecule has 3 rings (SSSR count). The quantitative estimate of drug-likeness (QED) is 0.847. The molecule has 1 aliphatic rings. The Morgan fingerprint density at radius 3 is 2.68 bits per heavy atom. The number of aromatic nitrogens is 1. The average Bonchev–Trinajstić information content (AvgIpc) is 2.93. The van der Waals surface area contributed by atoms with Crippen molar-refractivity contribution in [3.05, 3.63) is 26.0 Å². The van der Waals surface area contributed by atoms with Crippen LogP contribution in [-0.4, -0.2) is 19.2 Å². The summed E-state index contributed by atoms with van der Waals surface area (Å²) < 4.78 is 27.2. The molecule has 2 heterocycles. The molecule has 1 N–H and O–H groups in total. The molecule has 10 heteroatoms. The highest BCUT2D eigenvalue weighted by Gasteiger charge is 2.28. The second kappa shape index (κ2) is 5.76. The number of thiazole rings is 1. The standard InChI is InChI=1S/C12H10Cl2N2O3S3/c1-5-2-7-10(8(17)3-5)21-12(15-7)16-22(18,19)9-4-6(13)11(14)20-9/h4-5H,2-3H2,1H3,(H,15,16). The highest BCUT2D eigenvalue weighted by atomic mass is 35.5. The van der Waals surface area contributed by atoms with Gasteiger partial charge in [-0.15, -0.1) is 11.3 Å². The number of carbonyl (C=O) groups excluding carboxylic acids is 1. The van der Waals surface area contributed by atoms with E-state index in [2.05, 4.69) is 9.71 Å². The van der Waals surface area contributed by atoms with E-state index in [0.717, 1.165) is 22.7 Å². The Hall–Kier alpha value is -0.670. The maximum atomic E-state index is 12.3. The molecule has 0 fully saturated rings. The van der Waals surface area contributed by atoms with Crippen molar-refractivity contribution in [3.63, 3.8) is 0 Å². The predicted octanol–water partition coefficient (Wildman–Crippen LogP) is 4.08. The number of anilines is 1. The van der Waals surface area contributed by atoms with E-state index in [4.69, 9.17) is 23.2 Å². The molecule has 0 saturated carbocycles. The minimum absolute atomic E-state index is 0.00960. The number of sulfonamides is 1. The number of ketones is 1. The third-order valence-corrected chi connectivity index (χ3v) is 8.00. The van der Waals surface area contributed by atoms with E-state index in [1.165, 1.54) is 6.07 Å². The van der Waals surface area contributed by atoms with Crippen LogP contribution < -0.4 is 4.72 Å². The van der Waals surface area contributed by atoms with E-state index in [9.17, 15) is 13.2 Å². The van der Waals surface area contributed by atoms with Crippen LogP contribution in [0.1, 0.15) is 28.7 Å². The molecule has 0 saturated heterocycles. The molecule has 0 radical (unpaired) electrons. The number of nitrogens with zero attached hydrogens (tertiary/aromatic N) is 1. The molecule has 1 aliphatic carbocycles. The summed E-state index contributed by atoms with van der Waals surface area (Å²) >= 11 is 13.5. The van der Waals surface area contributed by atoms with Crippen molar-refractivity contribution in [3.8, 4) is 0 Å². The molecule has 0 bridgehead atoms. The number of thiophene rings is 1. The minimum Gasteiger partial charge on any atom is -0.293 e. The molecule has 1 unspecified atom stereocenters. The van der Waals surface area contributed by atoms with Gasteiger partial charge in [0, 0.05) is 6.42 Å². The Morgan fingerprint density at radius 2 is 2.05 bits per heavy atom. The van der Waals surface area contributed by atoms with Crippen molar-refractivity contribution < 1.29 is 13.2 Å². The van der Waals surface area contributed by atoms with Gasteiger partial charge < -0.3 is 0 Å². The Bertz CT molecular complexity index is 838. The summed E-state index contributed by atoms with van der Waals surface area (Å²) in [6, 6.07) is 1.29. The summed E-state index contributed by atoms with van der Waals surface area (Å²) in [6.07, 6.45) is 1.15. The molecule has 0 spiro atoms. The summed E-state index contributed by atoms with van der Waals surface area (Å²) in [5.41, 5.74) is 0.661. The number of hydrogen-bond acceptors (Lipinski definition) is 6. The van der Waals surface area contributed by atoms with Crippen LogP contribution in [-0.2, 0) is 16.4 Å². The number of hydrogen-bond donors (Lipinski definition) is 1. The summed E-state index contributed by atoms with van der Waals surface area (Å²) in [7, 11) is -3.81. The SMILES string of the molecule is CC1CC(=O)c2sc(NS(=O)(=O)c3cc(Cl)c(Cl)s3)nc2C1. The first-order valence-corrected chi connectivity index (χ1v) is 10.1. The van der Waals surface area contributed by atoms with Crippen molar-refractivity contribution >= 4 is 66.8 Å². The van der Waals surface area contributed by atoms with Crippen molar-refractivity contribution in [2.75, 3.05) is 4.72 Å². The topological polar surface area (TPSA) is 76.1 Å². The fraction of sp³-hybridized carbons (Fsp3) is 0.333. The largest absolute Gasteiger partial charge is 0.293 e. The average molecular weight is 397 g/mol. The molecule has 2 aromatic heterocycles. The number of fused-ring (bicyclic) bond motifs is 1. The maximum Gasteiger partial charge on any atom is 0.273 e. The first kappa shape index (κ1) is 16.2. The van der Waals surface area contributed by atoms with Crippen molar-refractivity contribution in [1.29, 1.82) is 0 Å². The van der Waals surface area contributed by atoms with E-state index >= 15 is 0 Å². The monoisotopic (exact) mass is 396 g/mol.